The van der Waals surface area contributed by atoms with Gasteiger partial charge in [-0.25, -0.2) is 0 Å². The van der Waals surface area contributed by atoms with Crippen molar-refractivity contribution < 1.29 is 9.53 Å². The summed E-state index contributed by atoms with van der Waals surface area (Å²) in [6, 6.07) is 0. The van der Waals surface area contributed by atoms with Crippen molar-refractivity contribution in [2.75, 3.05) is 13.7 Å². The second kappa shape index (κ2) is 4.47. The van der Waals surface area contributed by atoms with Gasteiger partial charge in [0, 0.05) is 0 Å². The number of ether oxygens (including phenoxy) is 1. The quantitative estimate of drug-likeness (QED) is 0.583. The lowest BCUT2D eigenvalue weighted by Gasteiger charge is -2.31. The number of hydrogen-bond acceptors (Lipinski definition) is 3. The highest BCUT2D eigenvalue weighted by Crippen LogP contribution is 2.47. The van der Waals surface area contributed by atoms with Crippen molar-refractivity contribution in [3.63, 3.8) is 0 Å². The lowest BCUT2D eigenvalue weighted by Crippen LogP contribution is -2.55. The molecule has 0 heterocycles. The summed E-state index contributed by atoms with van der Waals surface area (Å²) < 4.78 is 4.93. The summed E-state index contributed by atoms with van der Waals surface area (Å²) in [5, 5.41) is 3.19. The van der Waals surface area contributed by atoms with Crippen LogP contribution >= 0.6 is 0 Å². The number of methoxy groups -OCH3 is 1. The van der Waals surface area contributed by atoms with E-state index in [0.29, 0.717) is 6.54 Å². The molecule has 3 heteroatoms. The summed E-state index contributed by atoms with van der Waals surface area (Å²) >= 11 is 0. The topological polar surface area (TPSA) is 38.3 Å². The molecule has 0 amide bonds. The molecule has 1 rings (SSSR count). The van der Waals surface area contributed by atoms with Gasteiger partial charge in [-0.2, -0.15) is 0 Å². The Hall–Kier alpha value is -1.01. The first kappa shape index (κ1) is 13.1. The fourth-order valence-corrected chi connectivity index (χ4v) is 2.98. The second-order valence-corrected chi connectivity index (χ2v) is 5.47. The average molecular weight is 223 g/mol. The highest BCUT2D eigenvalue weighted by atomic mass is 16.5. The average Bonchev–Trinajstić information content (AvgIpc) is 2.45. The first-order valence-electron chi connectivity index (χ1n) is 5.65. The molecule has 0 bridgehead atoms. The van der Waals surface area contributed by atoms with E-state index in [1.54, 1.807) is 0 Å². The molecular formula is C13H21NO2. The third-order valence-electron chi connectivity index (χ3n) is 3.51. The molecule has 3 nitrogen and oxygen atoms in total. The summed E-state index contributed by atoms with van der Waals surface area (Å²) in [7, 11) is 1.43. The van der Waals surface area contributed by atoms with E-state index in [9.17, 15) is 4.79 Å². The van der Waals surface area contributed by atoms with Crippen molar-refractivity contribution >= 4 is 5.97 Å². The maximum atomic E-state index is 12.0. The minimum Gasteiger partial charge on any atom is -0.468 e. The number of terminal acetylenes is 1. The number of esters is 1. The Bertz CT molecular complexity index is 316. The predicted octanol–water partition coefficient (Wildman–Crippen LogP) is 1.58. The third-order valence-corrected chi connectivity index (χ3v) is 3.51. The predicted molar refractivity (Wildman–Crippen MR) is 63.8 cm³/mol. The van der Waals surface area contributed by atoms with Crippen LogP contribution in [-0.4, -0.2) is 25.2 Å². The highest BCUT2D eigenvalue weighted by Gasteiger charge is 2.53. The van der Waals surface area contributed by atoms with Gasteiger partial charge in [0.25, 0.3) is 0 Å². The Balaban J connectivity index is 2.97. The second-order valence-electron chi connectivity index (χ2n) is 5.47. The molecule has 1 fully saturated rings. The fourth-order valence-electron chi connectivity index (χ4n) is 2.98. The van der Waals surface area contributed by atoms with Crippen LogP contribution in [0.3, 0.4) is 0 Å². The van der Waals surface area contributed by atoms with Gasteiger partial charge in [0.05, 0.1) is 13.7 Å². The first-order chi connectivity index (χ1) is 7.38. The minimum atomic E-state index is -0.607. The number of rotatable bonds is 3. The molecule has 90 valence electrons. The van der Waals surface area contributed by atoms with Crippen LogP contribution in [-0.2, 0) is 9.53 Å². The van der Waals surface area contributed by atoms with Crippen molar-refractivity contribution in [1.82, 2.24) is 5.32 Å². The van der Waals surface area contributed by atoms with Crippen molar-refractivity contribution in [3.05, 3.63) is 0 Å². The van der Waals surface area contributed by atoms with Gasteiger partial charge in [-0.05, 0) is 24.2 Å². The SMILES string of the molecule is C#CCNC1(C(=O)OC)CC(C)(C)CC1C. The summed E-state index contributed by atoms with van der Waals surface area (Å²) in [5.74, 6) is 2.57. The van der Waals surface area contributed by atoms with E-state index >= 15 is 0 Å². The van der Waals surface area contributed by atoms with Crippen LogP contribution in [0.15, 0.2) is 0 Å². The zero-order valence-corrected chi connectivity index (χ0v) is 10.6. The standard InChI is InChI=1S/C13H21NO2/c1-6-7-14-13(11(15)16-5)9-12(3,4)8-10(13)2/h1,10,14H,7-9H2,2-5H3. The number of hydrogen-bond donors (Lipinski definition) is 1. The van der Waals surface area contributed by atoms with Gasteiger partial charge >= 0.3 is 5.97 Å². The summed E-state index contributed by atoms with van der Waals surface area (Å²) in [4.78, 5) is 12.0. The van der Waals surface area contributed by atoms with Crippen LogP contribution in [0, 0.1) is 23.7 Å². The molecule has 0 aromatic heterocycles. The molecule has 1 N–H and O–H groups in total. The maximum Gasteiger partial charge on any atom is 0.326 e. The van der Waals surface area contributed by atoms with E-state index < -0.39 is 5.54 Å². The van der Waals surface area contributed by atoms with E-state index in [2.05, 4.69) is 32.0 Å². The molecule has 1 aliphatic carbocycles. The number of nitrogens with one attached hydrogen (secondary N) is 1. The lowest BCUT2D eigenvalue weighted by atomic mass is 9.86. The molecule has 2 atom stereocenters. The van der Waals surface area contributed by atoms with Crippen LogP contribution in [0.4, 0.5) is 0 Å². The zero-order chi connectivity index (χ0) is 12.4. The summed E-state index contributed by atoms with van der Waals surface area (Å²) in [6.07, 6.45) is 7.03. The van der Waals surface area contributed by atoms with Crippen LogP contribution < -0.4 is 5.32 Å². The Kier molecular flexibility index (Phi) is 3.64. The van der Waals surface area contributed by atoms with Crippen LogP contribution in [0.1, 0.15) is 33.6 Å². The number of carbonyl (C=O) groups is 1. The van der Waals surface area contributed by atoms with E-state index in [-0.39, 0.29) is 17.3 Å². The molecule has 0 aromatic carbocycles. The normalized spacial score (nSPS) is 32.1. The first-order valence-corrected chi connectivity index (χ1v) is 5.65. The van der Waals surface area contributed by atoms with E-state index in [0.717, 1.165) is 12.8 Å². The molecule has 1 aliphatic rings. The molecule has 2 unspecified atom stereocenters. The van der Waals surface area contributed by atoms with E-state index in [1.807, 2.05) is 0 Å². The van der Waals surface area contributed by atoms with Gasteiger partial charge in [-0.15, -0.1) is 6.42 Å². The zero-order valence-electron chi connectivity index (χ0n) is 10.6. The Morgan fingerprint density at radius 1 is 1.62 bits per heavy atom. The van der Waals surface area contributed by atoms with Gasteiger partial charge in [-0.3, -0.25) is 10.1 Å². The van der Waals surface area contributed by atoms with Gasteiger partial charge in [0.2, 0.25) is 0 Å². The summed E-state index contributed by atoms with van der Waals surface area (Å²) in [5.41, 5.74) is -0.459. The van der Waals surface area contributed by atoms with Crippen molar-refractivity contribution in [3.8, 4) is 12.3 Å². The van der Waals surface area contributed by atoms with Gasteiger partial charge in [0.15, 0.2) is 0 Å². The Morgan fingerprint density at radius 3 is 2.62 bits per heavy atom. The number of carbonyl (C=O) groups excluding carboxylic acids is 1. The summed E-state index contributed by atoms with van der Waals surface area (Å²) in [6.45, 7) is 6.82. The smallest absolute Gasteiger partial charge is 0.326 e. The minimum absolute atomic E-state index is 0.148. The van der Waals surface area contributed by atoms with Crippen LogP contribution in [0.25, 0.3) is 0 Å². The molecule has 16 heavy (non-hydrogen) atoms. The van der Waals surface area contributed by atoms with Gasteiger partial charge < -0.3 is 4.74 Å². The van der Waals surface area contributed by atoms with E-state index in [4.69, 9.17) is 11.2 Å². The van der Waals surface area contributed by atoms with E-state index in [1.165, 1.54) is 7.11 Å². The van der Waals surface area contributed by atoms with Crippen LogP contribution in [0.5, 0.6) is 0 Å². The fraction of sp³-hybridized carbons (Fsp3) is 0.769. The van der Waals surface area contributed by atoms with Crippen LogP contribution in [0.2, 0.25) is 0 Å². The Labute approximate surface area is 97.9 Å². The molecule has 0 radical (unpaired) electrons. The molecular weight excluding hydrogens is 202 g/mol. The largest absolute Gasteiger partial charge is 0.468 e. The molecule has 0 aliphatic heterocycles. The van der Waals surface area contributed by atoms with Gasteiger partial charge in [-0.1, -0.05) is 26.7 Å². The molecule has 0 spiro atoms. The van der Waals surface area contributed by atoms with Crippen molar-refractivity contribution in [2.45, 2.75) is 39.2 Å². The monoisotopic (exact) mass is 223 g/mol. The highest BCUT2D eigenvalue weighted by molar-refractivity contribution is 5.82. The molecule has 1 saturated carbocycles. The van der Waals surface area contributed by atoms with Crippen molar-refractivity contribution in [1.29, 1.82) is 0 Å². The Morgan fingerprint density at radius 2 is 2.25 bits per heavy atom. The maximum absolute atomic E-state index is 12.0. The van der Waals surface area contributed by atoms with Gasteiger partial charge in [0.1, 0.15) is 5.54 Å². The van der Waals surface area contributed by atoms with Crippen molar-refractivity contribution in [2.24, 2.45) is 11.3 Å². The molecule has 0 saturated heterocycles. The lowest BCUT2D eigenvalue weighted by molar-refractivity contribution is -0.150. The third kappa shape index (κ3) is 2.22. The molecule has 0 aromatic rings.